The third kappa shape index (κ3) is 4.95. The van der Waals surface area contributed by atoms with E-state index in [1.165, 1.54) is 0 Å². The molecule has 1 fully saturated rings. The van der Waals surface area contributed by atoms with Crippen LogP contribution in [0.2, 0.25) is 0 Å². The molecule has 3 atom stereocenters. The molecule has 0 spiro atoms. The van der Waals surface area contributed by atoms with Gasteiger partial charge < -0.3 is 24.3 Å². The number of nitrogens with one attached hydrogen (secondary N) is 1. The molecule has 2 heterocycles. The van der Waals surface area contributed by atoms with Crippen LogP contribution in [0.4, 0.5) is 0 Å². The summed E-state index contributed by atoms with van der Waals surface area (Å²) in [5.74, 6) is 1.33. The molecule has 1 aliphatic heterocycles. The number of rotatable bonds is 8. The molecule has 3 unspecified atom stereocenters. The Balaban J connectivity index is 1.55. The minimum atomic E-state index is -0.500. The molecule has 5 nitrogen and oxygen atoms in total. The highest BCUT2D eigenvalue weighted by molar-refractivity contribution is 4.96. The normalized spacial score (nSPS) is 22.5. The molecule has 5 heteroatoms. The summed E-state index contributed by atoms with van der Waals surface area (Å²) in [5, 5.41) is 13.2. The molecule has 19 heavy (non-hydrogen) atoms. The molecule has 0 amide bonds. The monoisotopic (exact) mass is 269 g/mol. The van der Waals surface area contributed by atoms with Crippen molar-refractivity contribution in [2.75, 3.05) is 26.4 Å². The minimum absolute atomic E-state index is 0.307. The van der Waals surface area contributed by atoms with Gasteiger partial charge >= 0.3 is 0 Å². The van der Waals surface area contributed by atoms with Gasteiger partial charge in [-0.15, -0.1) is 0 Å². The first-order valence-corrected chi connectivity index (χ1v) is 6.85. The Labute approximate surface area is 113 Å². The fraction of sp³-hybridized carbons (Fsp3) is 0.714. The summed E-state index contributed by atoms with van der Waals surface area (Å²) in [4.78, 5) is 0. The van der Waals surface area contributed by atoms with Crippen LogP contribution >= 0.6 is 0 Å². The van der Waals surface area contributed by atoms with Gasteiger partial charge in [0.15, 0.2) is 0 Å². The third-order valence-corrected chi connectivity index (χ3v) is 3.48. The first-order chi connectivity index (χ1) is 9.25. The lowest BCUT2D eigenvalue weighted by molar-refractivity contribution is 0.0208. The van der Waals surface area contributed by atoms with Crippen molar-refractivity contribution in [3.8, 4) is 0 Å². The zero-order valence-electron chi connectivity index (χ0n) is 11.4. The van der Waals surface area contributed by atoms with Crippen LogP contribution in [0.15, 0.2) is 22.8 Å². The van der Waals surface area contributed by atoms with Gasteiger partial charge in [-0.05, 0) is 31.4 Å². The highest BCUT2D eigenvalue weighted by Crippen LogP contribution is 2.16. The molecule has 108 valence electrons. The van der Waals surface area contributed by atoms with Crippen LogP contribution in [0.1, 0.15) is 19.1 Å². The van der Waals surface area contributed by atoms with Crippen molar-refractivity contribution in [1.82, 2.24) is 5.32 Å². The van der Waals surface area contributed by atoms with E-state index in [0.29, 0.717) is 31.7 Å². The van der Waals surface area contributed by atoms with E-state index in [9.17, 15) is 5.11 Å². The molecule has 1 aromatic rings. The molecular formula is C14H23NO4. The molecular weight excluding hydrogens is 246 g/mol. The lowest BCUT2D eigenvalue weighted by atomic mass is 10.0. The molecule has 0 saturated carbocycles. The van der Waals surface area contributed by atoms with Crippen LogP contribution in [0, 0.1) is 5.92 Å². The molecule has 0 radical (unpaired) electrons. The quantitative estimate of drug-likeness (QED) is 0.742. The molecule has 0 aliphatic carbocycles. The Bertz CT molecular complexity index is 335. The summed E-state index contributed by atoms with van der Waals surface area (Å²) >= 11 is 0. The summed E-state index contributed by atoms with van der Waals surface area (Å²) in [6.07, 6.45) is 2.21. The van der Waals surface area contributed by atoms with Gasteiger partial charge in [-0.2, -0.15) is 0 Å². The van der Waals surface area contributed by atoms with Crippen molar-refractivity contribution in [2.45, 2.75) is 32.1 Å². The van der Waals surface area contributed by atoms with Gasteiger partial charge in [0.05, 0.1) is 25.6 Å². The number of furan rings is 1. The largest absolute Gasteiger partial charge is 0.467 e. The first-order valence-electron chi connectivity index (χ1n) is 6.85. The Hall–Kier alpha value is -0.880. The fourth-order valence-corrected chi connectivity index (χ4v) is 2.18. The minimum Gasteiger partial charge on any atom is -0.467 e. The maximum atomic E-state index is 9.82. The Morgan fingerprint density at radius 2 is 2.47 bits per heavy atom. The summed E-state index contributed by atoms with van der Waals surface area (Å²) in [7, 11) is 0. The molecule has 2 rings (SSSR count). The highest BCUT2D eigenvalue weighted by atomic mass is 16.5. The van der Waals surface area contributed by atoms with Crippen LogP contribution in [0.25, 0.3) is 0 Å². The topological polar surface area (TPSA) is 63.9 Å². The summed E-state index contributed by atoms with van der Waals surface area (Å²) in [5.41, 5.74) is 0. The fourth-order valence-electron chi connectivity index (χ4n) is 2.18. The average Bonchev–Trinajstić information content (AvgIpc) is 3.08. The van der Waals surface area contributed by atoms with Crippen LogP contribution in [0.5, 0.6) is 0 Å². The average molecular weight is 269 g/mol. The van der Waals surface area contributed by atoms with Crippen LogP contribution in [0.3, 0.4) is 0 Å². The Morgan fingerprint density at radius 1 is 1.58 bits per heavy atom. The molecule has 1 aliphatic rings. The molecule has 1 saturated heterocycles. The van der Waals surface area contributed by atoms with Crippen molar-refractivity contribution < 1.29 is 19.0 Å². The smallest absolute Gasteiger partial charge is 0.129 e. The molecule has 0 aromatic carbocycles. The van der Waals surface area contributed by atoms with E-state index in [-0.39, 0.29) is 0 Å². The van der Waals surface area contributed by atoms with Gasteiger partial charge in [0.1, 0.15) is 12.4 Å². The summed E-state index contributed by atoms with van der Waals surface area (Å²) < 4.78 is 15.9. The predicted octanol–water partition coefficient (Wildman–Crippen LogP) is 1.17. The van der Waals surface area contributed by atoms with Crippen LogP contribution in [-0.2, 0) is 16.1 Å². The number of ether oxygens (including phenoxy) is 2. The van der Waals surface area contributed by atoms with Crippen molar-refractivity contribution in [3.05, 3.63) is 24.2 Å². The van der Waals surface area contributed by atoms with E-state index in [4.69, 9.17) is 13.9 Å². The second-order valence-corrected chi connectivity index (χ2v) is 5.07. The van der Waals surface area contributed by atoms with Gasteiger partial charge in [0.25, 0.3) is 0 Å². The van der Waals surface area contributed by atoms with Crippen molar-refractivity contribution in [3.63, 3.8) is 0 Å². The van der Waals surface area contributed by atoms with E-state index in [1.807, 2.05) is 12.1 Å². The van der Waals surface area contributed by atoms with E-state index in [2.05, 4.69) is 12.2 Å². The van der Waals surface area contributed by atoms with E-state index >= 15 is 0 Å². The van der Waals surface area contributed by atoms with Gasteiger partial charge in [-0.1, -0.05) is 0 Å². The highest BCUT2D eigenvalue weighted by Gasteiger charge is 2.22. The number of aliphatic hydroxyl groups is 1. The predicted molar refractivity (Wildman–Crippen MR) is 70.8 cm³/mol. The van der Waals surface area contributed by atoms with Crippen molar-refractivity contribution >= 4 is 0 Å². The maximum absolute atomic E-state index is 9.82. The number of hydrogen-bond donors (Lipinski definition) is 2. The van der Waals surface area contributed by atoms with Gasteiger partial charge in [0, 0.05) is 19.2 Å². The summed E-state index contributed by atoms with van der Waals surface area (Å²) in [6, 6.07) is 4.04. The van der Waals surface area contributed by atoms with Gasteiger partial charge in [-0.3, -0.25) is 0 Å². The van der Waals surface area contributed by atoms with Gasteiger partial charge in [0.2, 0.25) is 0 Å². The van der Waals surface area contributed by atoms with E-state index < -0.39 is 6.10 Å². The van der Waals surface area contributed by atoms with Crippen LogP contribution in [-0.4, -0.2) is 43.6 Å². The first kappa shape index (κ1) is 14.5. The van der Waals surface area contributed by atoms with Crippen LogP contribution < -0.4 is 5.32 Å². The van der Waals surface area contributed by atoms with Crippen molar-refractivity contribution in [2.24, 2.45) is 5.92 Å². The molecule has 0 bridgehead atoms. The third-order valence-electron chi connectivity index (χ3n) is 3.48. The SMILES string of the molecule is CC(NCC(O)COCc1ccco1)C1CCOC1. The Morgan fingerprint density at radius 3 is 3.16 bits per heavy atom. The van der Waals surface area contributed by atoms with Gasteiger partial charge in [-0.25, -0.2) is 0 Å². The maximum Gasteiger partial charge on any atom is 0.129 e. The van der Waals surface area contributed by atoms with E-state index in [0.717, 1.165) is 25.4 Å². The standard InChI is InChI=1S/C14H23NO4/c1-11(12-4-6-17-8-12)15-7-13(16)9-18-10-14-3-2-5-19-14/h2-3,5,11-13,15-16H,4,6-10H2,1H3. The second-order valence-electron chi connectivity index (χ2n) is 5.07. The zero-order chi connectivity index (χ0) is 13.5. The van der Waals surface area contributed by atoms with Crippen molar-refractivity contribution in [1.29, 1.82) is 0 Å². The lowest BCUT2D eigenvalue weighted by Gasteiger charge is -2.21. The lowest BCUT2D eigenvalue weighted by Crippen LogP contribution is -2.40. The second kappa shape index (κ2) is 7.65. The Kier molecular flexibility index (Phi) is 5.85. The zero-order valence-corrected chi connectivity index (χ0v) is 11.4. The molecule has 2 N–H and O–H groups in total. The number of aliphatic hydroxyl groups excluding tert-OH is 1. The number of hydrogen-bond acceptors (Lipinski definition) is 5. The molecule has 1 aromatic heterocycles. The van der Waals surface area contributed by atoms with E-state index in [1.54, 1.807) is 6.26 Å². The summed E-state index contributed by atoms with van der Waals surface area (Å²) in [6.45, 7) is 5.05.